The molecule has 42 heavy (non-hydrogen) atoms. The zero-order valence-corrected chi connectivity index (χ0v) is 29.0. The molecule has 3 aliphatic carbocycles. The second kappa shape index (κ2) is 14.5. The fourth-order valence-corrected chi connectivity index (χ4v) is 8.44. The van der Waals surface area contributed by atoms with E-state index in [2.05, 4.69) is 89.0 Å². The van der Waals surface area contributed by atoms with Gasteiger partial charge in [-0.2, -0.15) is 0 Å². The summed E-state index contributed by atoms with van der Waals surface area (Å²) in [6.07, 6.45) is 11.5. The van der Waals surface area contributed by atoms with Crippen LogP contribution in [0.3, 0.4) is 0 Å². The SMILES string of the molecule is CC(C)[C@H]1CCC2CC[C@@H](C3CCCC3)C(O)C2C1O.Cc1[c-]c(-c2nccc3cc(C(C)C)ccc23)cc(C)c1.[Ir]. The van der Waals surface area contributed by atoms with E-state index in [0.717, 1.165) is 29.2 Å². The third kappa shape index (κ3) is 7.20. The van der Waals surface area contributed by atoms with Crippen molar-refractivity contribution >= 4 is 10.8 Å². The first kappa shape index (κ1) is 33.3. The Kier molecular flexibility index (Phi) is 11.5. The summed E-state index contributed by atoms with van der Waals surface area (Å²) in [6.45, 7) is 13.1. The quantitative estimate of drug-likeness (QED) is 0.262. The van der Waals surface area contributed by atoms with Gasteiger partial charge in [-0.15, -0.1) is 34.9 Å². The maximum Gasteiger partial charge on any atom is 0.0626 e. The number of aliphatic hydroxyl groups excluding tert-OH is 2. The van der Waals surface area contributed by atoms with Gasteiger partial charge in [0.25, 0.3) is 0 Å². The van der Waals surface area contributed by atoms with Crippen LogP contribution in [-0.2, 0) is 20.1 Å². The zero-order chi connectivity index (χ0) is 29.3. The van der Waals surface area contributed by atoms with Crippen molar-refractivity contribution in [1.29, 1.82) is 0 Å². The summed E-state index contributed by atoms with van der Waals surface area (Å²) in [5.41, 5.74) is 5.87. The number of aromatic nitrogens is 1. The van der Waals surface area contributed by atoms with E-state index < -0.39 is 0 Å². The fourth-order valence-electron chi connectivity index (χ4n) is 8.44. The van der Waals surface area contributed by atoms with Crippen LogP contribution in [0, 0.1) is 55.4 Å². The molecular formula is C38H52IrNO2-. The van der Waals surface area contributed by atoms with Gasteiger partial charge in [0.15, 0.2) is 0 Å². The van der Waals surface area contributed by atoms with Crippen LogP contribution in [0.4, 0.5) is 0 Å². The van der Waals surface area contributed by atoms with E-state index in [1.54, 1.807) is 0 Å². The molecule has 0 aliphatic heterocycles. The molecule has 1 heterocycles. The Bertz CT molecular complexity index is 1290. The molecule has 1 radical (unpaired) electrons. The molecule has 0 bridgehead atoms. The van der Waals surface area contributed by atoms with Crippen LogP contribution in [0.5, 0.6) is 0 Å². The van der Waals surface area contributed by atoms with Gasteiger partial charge in [-0.3, -0.25) is 0 Å². The zero-order valence-electron chi connectivity index (χ0n) is 26.6. The Balaban J connectivity index is 0.000000189. The summed E-state index contributed by atoms with van der Waals surface area (Å²) in [5.74, 6) is 3.41. The summed E-state index contributed by atoms with van der Waals surface area (Å²) >= 11 is 0. The van der Waals surface area contributed by atoms with Crippen LogP contribution >= 0.6 is 0 Å². The van der Waals surface area contributed by atoms with Crippen molar-refractivity contribution in [2.45, 2.75) is 111 Å². The van der Waals surface area contributed by atoms with Gasteiger partial charge in [-0.25, -0.2) is 0 Å². The predicted molar refractivity (Wildman–Crippen MR) is 171 cm³/mol. The fraction of sp³-hybridized carbons (Fsp3) is 0.605. The van der Waals surface area contributed by atoms with Crippen LogP contribution in [0.15, 0.2) is 42.6 Å². The molecule has 4 unspecified atom stereocenters. The molecule has 3 aliphatic rings. The number of aliphatic hydroxyl groups is 2. The maximum absolute atomic E-state index is 10.9. The maximum atomic E-state index is 10.9. The smallest absolute Gasteiger partial charge is 0.0626 e. The van der Waals surface area contributed by atoms with Crippen LogP contribution in [0.2, 0.25) is 0 Å². The summed E-state index contributed by atoms with van der Waals surface area (Å²) in [5, 5.41) is 24.2. The molecule has 4 heteroatoms. The molecule has 6 atom stereocenters. The Morgan fingerprint density at radius 3 is 2.19 bits per heavy atom. The standard InChI is InChI=1S/C20H20N.C18H32O2.Ir/c1-13(2)16-5-6-19-17(12-16)7-8-21-20(19)18-10-14(3)9-15(4)11-18;1-11(2)14-9-7-13-8-10-15(12-5-3-4-6-12)18(20)16(13)17(14)19;/h5-10,12-13H,1-4H3;11-20H,3-10H2,1-2H3;/q-1;;/t;13?,14-,15+,16?,17?,18?;/m.1./s1. The number of pyridine rings is 1. The normalized spacial score (nSPS) is 27.9. The molecule has 2 aromatic carbocycles. The van der Waals surface area contributed by atoms with Gasteiger partial charge < -0.3 is 15.2 Å². The molecule has 0 spiro atoms. The monoisotopic (exact) mass is 747 g/mol. The summed E-state index contributed by atoms with van der Waals surface area (Å²) in [7, 11) is 0. The molecule has 3 fully saturated rings. The van der Waals surface area contributed by atoms with E-state index in [9.17, 15) is 10.2 Å². The van der Waals surface area contributed by atoms with Crippen molar-refractivity contribution in [3.63, 3.8) is 0 Å². The molecule has 6 rings (SSSR count). The van der Waals surface area contributed by atoms with Crippen molar-refractivity contribution < 1.29 is 30.3 Å². The van der Waals surface area contributed by atoms with Gasteiger partial charge in [0.1, 0.15) is 0 Å². The predicted octanol–water partition coefficient (Wildman–Crippen LogP) is 9.05. The van der Waals surface area contributed by atoms with Gasteiger partial charge >= 0.3 is 0 Å². The Hall–Kier alpha value is -1.58. The molecule has 231 valence electrons. The van der Waals surface area contributed by atoms with E-state index in [1.165, 1.54) is 66.8 Å². The number of fused-ring (bicyclic) bond motifs is 2. The second-order valence-electron chi connectivity index (χ2n) is 14.1. The van der Waals surface area contributed by atoms with Gasteiger partial charge in [0, 0.05) is 32.2 Å². The molecular weight excluding hydrogens is 695 g/mol. The van der Waals surface area contributed by atoms with E-state index in [1.807, 2.05) is 6.20 Å². The van der Waals surface area contributed by atoms with E-state index >= 15 is 0 Å². The largest absolute Gasteiger partial charge is 0.392 e. The third-order valence-electron chi connectivity index (χ3n) is 10.7. The number of nitrogens with zero attached hydrogens (tertiary/aromatic N) is 1. The molecule has 3 aromatic rings. The molecule has 1 aromatic heterocycles. The number of hydrogen-bond acceptors (Lipinski definition) is 3. The topological polar surface area (TPSA) is 53.4 Å². The van der Waals surface area contributed by atoms with Gasteiger partial charge in [0.2, 0.25) is 0 Å². The second-order valence-corrected chi connectivity index (χ2v) is 14.1. The number of rotatable bonds is 4. The first-order valence-corrected chi connectivity index (χ1v) is 16.4. The average molecular weight is 747 g/mol. The first-order chi connectivity index (χ1) is 19.6. The molecule has 3 saturated carbocycles. The minimum atomic E-state index is -0.270. The van der Waals surface area contributed by atoms with Crippen molar-refractivity contribution in [3.05, 3.63) is 65.4 Å². The minimum Gasteiger partial charge on any atom is -0.392 e. The van der Waals surface area contributed by atoms with Gasteiger partial charge in [0.05, 0.1) is 12.2 Å². The third-order valence-corrected chi connectivity index (χ3v) is 10.7. The number of aryl methyl sites for hydroxylation is 2. The summed E-state index contributed by atoms with van der Waals surface area (Å²) in [4.78, 5) is 4.60. The number of hydrogen-bond donors (Lipinski definition) is 2. The van der Waals surface area contributed by atoms with Crippen LogP contribution in [0.1, 0.15) is 102 Å². The van der Waals surface area contributed by atoms with Crippen molar-refractivity contribution in [2.75, 3.05) is 0 Å². The molecule has 2 N–H and O–H groups in total. The van der Waals surface area contributed by atoms with Gasteiger partial charge in [-0.05, 0) is 89.3 Å². The van der Waals surface area contributed by atoms with Crippen molar-refractivity contribution in [1.82, 2.24) is 4.98 Å². The Morgan fingerprint density at radius 2 is 1.52 bits per heavy atom. The van der Waals surface area contributed by atoms with Gasteiger partial charge in [-0.1, -0.05) is 85.4 Å². The molecule has 0 amide bonds. The molecule has 3 nitrogen and oxygen atoms in total. The Morgan fingerprint density at radius 1 is 0.810 bits per heavy atom. The van der Waals surface area contributed by atoms with Crippen LogP contribution in [-0.4, -0.2) is 27.4 Å². The average Bonchev–Trinajstić information content (AvgIpc) is 3.47. The Labute approximate surface area is 268 Å². The summed E-state index contributed by atoms with van der Waals surface area (Å²) < 4.78 is 0. The van der Waals surface area contributed by atoms with Crippen molar-refractivity contribution in [3.8, 4) is 11.3 Å². The molecule has 0 saturated heterocycles. The number of benzene rings is 2. The van der Waals surface area contributed by atoms with Crippen molar-refractivity contribution in [2.24, 2.45) is 35.5 Å². The first-order valence-electron chi connectivity index (χ1n) is 16.4. The summed E-state index contributed by atoms with van der Waals surface area (Å²) in [6, 6.07) is 16.5. The van der Waals surface area contributed by atoms with E-state index in [0.29, 0.717) is 29.6 Å². The van der Waals surface area contributed by atoms with E-state index in [4.69, 9.17) is 0 Å². The van der Waals surface area contributed by atoms with Crippen LogP contribution in [0.25, 0.3) is 22.0 Å². The van der Waals surface area contributed by atoms with Crippen LogP contribution < -0.4 is 0 Å². The van der Waals surface area contributed by atoms with E-state index in [-0.39, 0.29) is 38.2 Å². The minimum absolute atomic E-state index is 0.